The number of piperidine rings is 1. The van der Waals surface area contributed by atoms with Crippen molar-refractivity contribution in [2.45, 2.75) is 57.9 Å². The van der Waals surface area contributed by atoms with E-state index in [1.54, 1.807) is 11.6 Å². The SMILES string of the molecule is Cc1c(C(=O)N2CCCC(O)(C(F)(F)F)C2)cnn1C(C)(C)C. The molecule has 1 amide bonds. The molecule has 23 heavy (non-hydrogen) atoms. The van der Waals surface area contributed by atoms with Crippen LogP contribution < -0.4 is 0 Å². The molecule has 1 N–H and O–H groups in total. The van der Waals surface area contributed by atoms with E-state index in [1.807, 2.05) is 20.8 Å². The molecule has 130 valence electrons. The molecular formula is C15H22F3N3O2. The summed E-state index contributed by atoms with van der Waals surface area (Å²) in [4.78, 5) is 13.6. The monoisotopic (exact) mass is 333 g/mol. The second-order valence-corrected chi connectivity index (χ2v) is 7.09. The molecule has 5 nitrogen and oxygen atoms in total. The molecule has 1 fully saturated rings. The van der Waals surface area contributed by atoms with Crippen LogP contribution in [0.25, 0.3) is 0 Å². The summed E-state index contributed by atoms with van der Waals surface area (Å²) < 4.78 is 40.7. The van der Waals surface area contributed by atoms with Gasteiger partial charge in [-0.15, -0.1) is 0 Å². The van der Waals surface area contributed by atoms with E-state index in [1.165, 1.54) is 6.20 Å². The lowest BCUT2D eigenvalue weighted by molar-refractivity contribution is -0.271. The van der Waals surface area contributed by atoms with E-state index in [9.17, 15) is 23.1 Å². The maximum absolute atomic E-state index is 13.0. The molecule has 1 aliphatic rings. The van der Waals surface area contributed by atoms with Gasteiger partial charge in [0, 0.05) is 12.2 Å². The molecule has 0 saturated carbocycles. The number of aromatic nitrogens is 2. The molecule has 1 atom stereocenters. The Morgan fingerprint density at radius 3 is 2.43 bits per heavy atom. The first-order chi connectivity index (χ1) is 10.4. The molecule has 1 unspecified atom stereocenters. The van der Waals surface area contributed by atoms with Crippen molar-refractivity contribution in [2.75, 3.05) is 13.1 Å². The van der Waals surface area contributed by atoms with Crippen LogP contribution in [0.2, 0.25) is 0 Å². The first-order valence-electron chi connectivity index (χ1n) is 7.50. The topological polar surface area (TPSA) is 58.4 Å². The third kappa shape index (κ3) is 3.22. The van der Waals surface area contributed by atoms with E-state index in [2.05, 4.69) is 5.10 Å². The summed E-state index contributed by atoms with van der Waals surface area (Å²) in [5.74, 6) is -0.527. The van der Waals surface area contributed by atoms with Gasteiger partial charge < -0.3 is 10.0 Å². The molecule has 8 heteroatoms. The van der Waals surface area contributed by atoms with Crippen LogP contribution in [0.1, 0.15) is 49.7 Å². The van der Waals surface area contributed by atoms with Crippen molar-refractivity contribution in [3.8, 4) is 0 Å². The van der Waals surface area contributed by atoms with Crippen molar-refractivity contribution >= 4 is 5.91 Å². The van der Waals surface area contributed by atoms with Crippen molar-refractivity contribution in [1.82, 2.24) is 14.7 Å². The summed E-state index contributed by atoms with van der Waals surface area (Å²) in [7, 11) is 0. The van der Waals surface area contributed by atoms with E-state index in [0.29, 0.717) is 5.69 Å². The quantitative estimate of drug-likeness (QED) is 0.859. The van der Waals surface area contributed by atoms with Gasteiger partial charge in [-0.2, -0.15) is 18.3 Å². The highest BCUT2D eigenvalue weighted by Crippen LogP contribution is 2.37. The number of β-amino-alcohol motifs (C(OH)–C–C–N with tert-alkyl or cyclic N) is 1. The average molecular weight is 333 g/mol. The number of aliphatic hydroxyl groups is 1. The van der Waals surface area contributed by atoms with E-state index in [0.717, 1.165) is 4.90 Å². The van der Waals surface area contributed by atoms with Crippen molar-refractivity contribution in [2.24, 2.45) is 0 Å². The Morgan fingerprint density at radius 2 is 1.96 bits per heavy atom. The summed E-state index contributed by atoms with van der Waals surface area (Å²) in [5, 5.41) is 14.0. The summed E-state index contributed by atoms with van der Waals surface area (Å²) in [6.45, 7) is 6.93. The zero-order chi connectivity index (χ0) is 17.6. The number of halogens is 3. The third-order valence-electron chi connectivity index (χ3n) is 4.16. The van der Waals surface area contributed by atoms with Crippen molar-refractivity contribution in [3.05, 3.63) is 17.5 Å². The number of likely N-dealkylation sites (tertiary alicyclic amines) is 1. The van der Waals surface area contributed by atoms with Gasteiger partial charge in [-0.25, -0.2) is 0 Å². The smallest absolute Gasteiger partial charge is 0.379 e. The zero-order valence-corrected chi connectivity index (χ0v) is 13.7. The largest absolute Gasteiger partial charge is 0.418 e. The Morgan fingerprint density at radius 1 is 1.35 bits per heavy atom. The minimum absolute atomic E-state index is 0.105. The van der Waals surface area contributed by atoms with Crippen LogP contribution in [-0.2, 0) is 5.54 Å². The highest BCUT2D eigenvalue weighted by Gasteiger charge is 2.56. The Balaban J connectivity index is 2.26. The third-order valence-corrected chi connectivity index (χ3v) is 4.16. The lowest BCUT2D eigenvalue weighted by atomic mass is 9.92. The van der Waals surface area contributed by atoms with Crippen LogP contribution in [0, 0.1) is 6.92 Å². The average Bonchev–Trinajstić information content (AvgIpc) is 2.78. The fourth-order valence-corrected chi connectivity index (χ4v) is 2.91. The van der Waals surface area contributed by atoms with Gasteiger partial charge in [-0.05, 0) is 40.5 Å². The number of amides is 1. The van der Waals surface area contributed by atoms with Crippen LogP contribution in [-0.4, -0.2) is 50.6 Å². The molecule has 0 aliphatic carbocycles. The molecule has 1 aliphatic heterocycles. The minimum atomic E-state index is -4.75. The van der Waals surface area contributed by atoms with Gasteiger partial charge in [0.2, 0.25) is 0 Å². The normalized spacial score (nSPS) is 23.2. The van der Waals surface area contributed by atoms with Gasteiger partial charge in [0.05, 0.1) is 23.8 Å². The molecule has 2 heterocycles. The first-order valence-corrected chi connectivity index (χ1v) is 7.50. The maximum Gasteiger partial charge on any atom is 0.418 e. The van der Waals surface area contributed by atoms with Crippen LogP contribution in [0.5, 0.6) is 0 Å². The highest BCUT2D eigenvalue weighted by atomic mass is 19.4. The Bertz CT molecular complexity index is 604. The second kappa shape index (κ2) is 5.51. The maximum atomic E-state index is 13.0. The van der Waals surface area contributed by atoms with E-state index < -0.39 is 24.2 Å². The lowest BCUT2D eigenvalue weighted by Gasteiger charge is -2.40. The minimum Gasteiger partial charge on any atom is -0.379 e. The molecule has 0 radical (unpaired) electrons. The number of rotatable bonds is 1. The van der Waals surface area contributed by atoms with E-state index in [-0.39, 0.29) is 30.5 Å². The Hall–Kier alpha value is -1.57. The number of alkyl halides is 3. The predicted octanol–water partition coefficient (Wildman–Crippen LogP) is 2.48. The van der Waals surface area contributed by atoms with Crippen LogP contribution in [0.15, 0.2) is 6.20 Å². The van der Waals surface area contributed by atoms with Gasteiger partial charge in [0.15, 0.2) is 5.60 Å². The lowest BCUT2D eigenvalue weighted by Crippen LogP contribution is -2.58. The molecule has 0 aromatic carbocycles. The fourth-order valence-electron chi connectivity index (χ4n) is 2.91. The fraction of sp³-hybridized carbons (Fsp3) is 0.733. The number of carbonyl (C=O) groups excluding carboxylic acids is 1. The summed E-state index contributed by atoms with van der Waals surface area (Å²) in [5.41, 5.74) is -2.30. The number of hydrogen-bond acceptors (Lipinski definition) is 3. The second-order valence-electron chi connectivity index (χ2n) is 7.09. The van der Waals surface area contributed by atoms with Crippen LogP contribution in [0.3, 0.4) is 0 Å². The molecular weight excluding hydrogens is 311 g/mol. The van der Waals surface area contributed by atoms with Crippen molar-refractivity contribution < 1.29 is 23.1 Å². The first kappa shape index (κ1) is 17.8. The number of carbonyl (C=O) groups is 1. The zero-order valence-electron chi connectivity index (χ0n) is 13.7. The summed E-state index contributed by atoms with van der Waals surface area (Å²) in [6, 6.07) is 0. The molecule has 1 aromatic heterocycles. The van der Waals surface area contributed by atoms with Crippen LogP contribution in [0.4, 0.5) is 13.2 Å². The standard InChI is InChI=1S/C15H22F3N3O2/c1-10-11(8-19-21(10)13(2,3)4)12(22)20-7-5-6-14(23,9-20)15(16,17)18/h8,23H,5-7,9H2,1-4H3. The Kier molecular flexibility index (Phi) is 4.26. The Labute approximate surface area is 133 Å². The summed E-state index contributed by atoms with van der Waals surface area (Å²) in [6.07, 6.45) is -3.66. The molecule has 1 aromatic rings. The molecule has 0 spiro atoms. The van der Waals surface area contributed by atoms with Crippen LogP contribution >= 0.6 is 0 Å². The van der Waals surface area contributed by atoms with E-state index >= 15 is 0 Å². The highest BCUT2D eigenvalue weighted by molar-refractivity contribution is 5.95. The van der Waals surface area contributed by atoms with Gasteiger partial charge in [-0.3, -0.25) is 9.48 Å². The van der Waals surface area contributed by atoms with Gasteiger partial charge in [0.25, 0.3) is 5.91 Å². The number of hydrogen-bond donors (Lipinski definition) is 1. The van der Waals surface area contributed by atoms with Crippen molar-refractivity contribution in [3.63, 3.8) is 0 Å². The van der Waals surface area contributed by atoms with Gasteiger partial charge in [-0.1, -0.05) is 0 Å². The molecule has 1 saturated heterocycles. The summed E-state index contributed by atoms with van der Waals surface area (Å²) >= 11 is 0. The number of nitrogens with zero attached hydrogens (tertiary/aromatic N) is 3. The van der Waals surface area contributed by atoms with Gasteiger partial charge >= 0.3 is 6.18 Å². The predicted molar refractivity (Wildman–Crippen MR) is 78.1 cm³/mol. The van der Waals surface area contributed by atoms with E-state index in [4.69, 9.17) is 0 Å². The molecule has 2 rings (SSSR count). The van der Waals surface area contributed by atoms with Crippen molar-refractivity contribution in [1.29, 1.82) is 0 Å². The van der Waals surface area contributed by atoms with Gasteiger partial charge in [0.1, 0.15) is 0 Å². The molecule has 0 bridgehead atoms.